The molecule has 1 amide bonds. The molecule has 0 radical (unpaired) electrons. The number of rotatable bonds is 9. The van der Waals surface area contributed by atoms with E-state index in [-0.39, 0.29) is 17.7 Å². The van der Waals surface area contributed by atoms with E-state index in [9.17, 15) is 23.5 Å². The van der Waals surface area contributed by atoms with Gasteiger partial charge in [0.1, 0.15) is 5.75 Å². The number of alkyl halides is 2. The number of benzene rings is 2. The van der Waals surface area contributed by atoms with Crippen molar-refractivity contribution in [3.8, 4) is 17.2 Å². The highest BCUT2D eigenvalue weighted by atomic mass is 19.3. The van der Waals surface area contributed by atoms with Gasteiger partial charge in [0.15, 0.2) is 11.5 Å². The molecule has 0 aliphatic rings. The number of nitrogens with one attached hydrogen (secondary N) is 1. The smallest absolute Gasteiger partial charge is 0.387 e. The summed E-state index contributed by atoms with van der Waals surface area (Å²) < 4.78 is 39.0. The van der Waals surface area contributed by atoms with Gasteiger partial charge in [0.05, 0.1) is 26.7 Å². The molecule has 0 fully saturated rings. The Hall–Kier alpha value is -3.36. The molecule has 0 aliphatic carbocycles. The Morgan fingerprint density at radius 1 is 1.04 bits per heavy atom. The average molecular weight is 395 g/mol. The molecular formula is C19H19F2NO6. The summed E-state index contributed by atoms with van der Waals surface area (Å²) in [6.45, 7) is -2.97. The minimum Gasteiger partial charge on any atom is -0.493 e. The van der Waals surface area contributed by atoms with Crippen LogP contribution in [0.25, 0.3) is 0 Å². The number of ether oxygens (including phenoxy) is 3. The van der Waals surface area contributed by atoms with Crippen molar-refractivity contribution in [2.45, 2.75) is 19.1 Å². The normalized spacial score (nSPS) is 11.6. The van der Waals surface area contributed by atoms with Crippen LogP contribution in [-0.4, -0.2) is 37.8 Å². The minimum absolute atomic E-state index is 0.0893. The number of carboxylic acid groups (broad SMARTS) is 1. The lowest BCUT2D eigenvalue weighted by atomic mass is 10.0. The summed E-state index contributed by atoms with van der Waals surface area (Å²) in [6, 6.07) is 9.01. The quantitative estimate of drug-likeness (QED) is 0.677. The summed E-state index contributed by atoms with van der Waals surface area (Å²) in [5.41, 5.74) is 0.670. The maximum atomic E-state index is 12.5. The second-order valence-corrected chi connectivity index (χ2v) is 5.64. The zero-order chi connectivity index (χ0) is 20.7. The molecule has 28 heavy (non-hydrogen) atoms. The van der Waals surface area contributed by atoms with Gasteiger partial charge >= 0.3 is 12.6 Å². The highest BCUT2D eigenvalue weighted by Gasteiger charge is 2.21. The van der Waals surface area contributed by atoms with Crippen molar-refractivity contribution in [2.24, 2.45) is 0 Å². The van der Waals surface area contributed by atoms with Gasteiger partial charge in [-0.25, -0.2) is 0 Å². The number of carboxylic acids is 1. The topological polar surface area (TPSA) is 94.1 Å². The number of carbonyl (C=O) groups is 2. The van der Waals surface area contributed by atoms with Crippen LogP contribution < -0.4 is 19.5 Å². The van der Waals surface area contributed by atoms with Gasteiger partial charge in [0.25, 0.3) is 5.91 Å². The molecule has 0 bridgehead atoms. The molecule has 0 saturated carbocycles. The van der Waals surface area contributed by atoms with Crippen LogP contribution in [0.15, 0.2) is 42.5 Å². The third-order valence-electron chi connectivity index (χ3n) is 3.84. The third kappa shape index (κ3) is 5.57. The molecule has 7 nitrogen and oxygen atoms in total. The van der Waals surface area contributed by atoms with E-state index in [2.05, 4.69) is 10.1 Å². The predicted octanol–water partition coefficient (Wildman–Crippen LogP) is 3.25. The van der Waals surface area contributed by atoms with Crippen LogP contribution in [0.2, 0.25) is 0 Å². The van der Waals surface area contributed by atoms with Crippen molar-refractivity contribution in [1.29, 1.82) is 0 Å². The lowest BCUT2D eigenvalue weighted by Gasteiger charge is -2.19. The lowest BCUT2D eigenvalue weighted by Crippen LogP contribution is -2.30. The summed E-state index contributed by atoms with van der Waals surface area (Å²) in [5, 5.41) is 11.8. The highest BCUT2D eigenvalue weighted by molar-refractivity contribution is 5.94. The van der Waals surface area contributed by atoms with Crippen molar-refractivity contribution in [2.75, 3.05) is 14.2 Å². The summed E-state index contributed by atoms with van der Waals surface area (Å²) in [7, 11) is 2.91. The molecule has 1 unspecified atom stereocenters. The van der Waals surface area contributed by atoms with Gasteiger partial charge in [-0.1, -0.05) is 6.07 Å². The van der Waals surface area contributed by atoms with Crippen LogP contribution in [0.5, 0.6) is 17.2 Å². The molecule has 9 heteroatoms. The second kappa shape index (κ2) is 9.54. The van der Waals surface area contributed by atoms with Gasteiger partial charge in [-0.3, -0.25) is 9.59 Å². The van der Waals surface area contributed by atoms with E-state index in [0.29, 0.717) is 17.1 Å². The fourth-order valence-corrected chi connectivity index (χ4v) is 2.53. The van der Waals surface area contributed by atoms with Gasteiger partial charge in [0, 0.05) is 5.56 Å². The van der Waals surface area contributed by atoms with E-state index in [0.717, 1.165) is 0 Å². The van der Waals surface area contributed by atoms with Crippen LogP contribution in [0.4, 0.5) is 8.78 Å². The molecule has 150 valence electrons. The molecule has 2 aromatic rings. The zero-order valence-electron chi connectivity index (χ0n) is 15.1. The minimum atomic E-state index is -2.97. The standard InChI is InChI=1S/C19H19F2NO6/c1-26-15-8-5-12(9-16(15)27-2)14(10-17(23)24)22-18(25)11-3-6-13(7-4-11)28-19(20)21/h3-9,14,19H,10H2,1-2H3,(H,22,25)(H,23,24). The van der Waals surface area contributed by atoms with Gasteiger partial charge in [0.2, 0.25) is 0 Å². The van der Waals surface area contributed by atoms with E-state index in [1.807, 2.05) is 0 Å². The first kappa shape index (κ1) is 20.9. The fraction of sp³-hybridized carbons (Fsp3) is 0.263. The predicted molar refractivity (Wildman–Crippen MR) is 95.1 cm³/mol. The first-order valence-corrected chi connectivity index (χ1v) is 8.13. The molecule has 1 atom stereocenters. The Morgan fingerprint density at radius 2 is 1.68 bits per heavy atom. The number of hydrogen-bond donors (Lipinski definition) is 2. The van der Waals surface area contributed by atoms with Gasteiger partial charge in [-0.05, 0) is 42.0 Å². The molecule has 0 spiro atoms. The number of halogens is 2. The number of amides is 1. The summed E-state index contributed by atoms with van der Waals surface area (Å²) >= 11 is 0. The summed E-state index contributed by atoms with van der Waals surface area (Å²) in [6.07, 6.45) is -0.367. The molecule has 2 rings (SSSR count). The number of aliphatic carboxylic acids is 1. The van der Waals surface area contributed by atoms with Crippen LogP contribution in [0.1, 0.15) is 28.4 Å². The van der Waals surface area contributed by atoms with E-state index < -0.39 is 24.5 Å². The Balaban J connectivity index is 2.22. The van der Waals surface area contributed by atoms with E-state index in [4.69, 9.17) is 9.47 Å². The SMILES string of the molecule is COc1ccc(C(CC(=O)O)NC(=O)c2ccc(OC(F)F)cc2)cc1OC. The zero-order valence-corrected chi connectivity index (χ0v) is 15.1. The molecule has 2 aromatic carbocycles. The van der Waals surface area contributed by atoms with Crippen molar-refractivity contribution in [3.05, 3.63) is 53.6 Å². The van der Waals surface area contributed by atoms with E-state index in [1.165, 1.54) is 38.5 Å². The van der Waals surface area contributed by atoms with E-state index in [1.54, 1.807) is 18.2 Å². The molecule has 2 N–H and O–H groups in total. The Labute approximate surface area is 159 Å². The first-order valence-electron chi connectivity index (χ1n) is 8.13. The van der Waals surface area contributed by atoms with Crippen molar-refractivity contribution in [1.82, 2.24) is 5.32 Å². The lowest BCUT2D eigenvalue weighted by molar-refractivity contribution is -0.137. The van der Waals surface area contributed by atoms with Gasteiger partial charge in [-0.15, -0.1) is 0 Å². The average Bonchev–Trinajstić information content (AvgIpc) is 2.66. The third-order valence-corrected chi connectivity index (χ3v) is 3.84. The van der Waals surface area contributed by atoms with Crippen LogP contribution >= 0.6 is 0 Å². The number of hydrogen-bond acceptors (Lipinski definition) is 5. The summed E-state index contributed by atoms with van der Waals surface area (Å²) in [4.78, 5) is 23.7. The highest BCUT2D eigenvalue weighted by Crippen LogP contribution is 2.31. The Morgan fingerprint density at radius 3 is 2.21 bits per heavy atom. The van der Waals surface area contributed by atoms with Crippen LogP contribution in [-0.2, 0) is 4.79 Å². The fourth-order valence-electron chi connectivity index (χ4n) is 2.53. The number of methoxy groups -OCH3 is 2. The molecule has 0 heterocycles. The van der Waals surface area contributed by atoms with Crippen molar-refractivity contribution >= 4 is 11.9 Å². The van der Waals surface area contributed by atoms with Crippen molar-refractivity contribution < 1.29 is 37.7 Å². The largest absolute Gasteiger partial charge is 0.493 e. The molecular weight excluding hydrogens is 376 g/mol. The number of carbonyl (C=O) groups excluding carboxylic acids is 1. The van der Waals surface area contributed by atoms with Crippen LogP contribution in [0, 0.1) is 0 Å². The van der Waals surface area contributed by atoms with Gasteiger partial charge < -0.3 is 24.6 Å². The molecule has 0 saturated heterocycles. The Kier molecular flexibility index (Phi) is 7.14. The second-order valence-electron chi connectivity index (χ2n) is 5.64. The Bertz CT molecular complexity index is 826. The van der Waals surface area contributed by atoms with E-state index >= 15 is 0 Å². The van der Waals surface area contributed by atoms with Crippen LogP contribution in [0.3, 0.4) is 0 Å². The first-order chi connectivity index (χ1) is 13.3. The maximum Gasteiger partial charge on any atom is 0.387 e. The van der Waals surface area contributed by atoms with Crippen molar-refractivity contribution in [3.63, 3.8) is 0 Å². The molecule has 0 aliphatic heterocycles. The van der Waals surface area contributed by atoms with Gasteiger partial charge in [-0.2, -0.15) is 8.78 Å². The maximum absolute atomic E-state index is 12.5. The molecule has 0 aromatic heterocycles. The monoisotopic (exact) mass is 395 g/mol. The summed E-state index contributed by atoms with van der Waals surface area (Å²) in [5.74, 6) is -0.918.